The maximum Gasteiger partial charge on any atom is 0.265 e. The van der Waals surface area contributed by atoms with E-state index in [1.165, 1.54) is 30.3 Å². The molecule has 2 heterocycles. The van der Waals surface area contributed by atoms with Crippen LogP contribution in [0.2, 0.25) is 0 Å². The van der Waals surface area contributed by atoms with Crippen LogP contribution < -0.4 is 9.90 Å². The standard InChI is InChI=1S/C30H19N5O5S2/c36-28(35-42(38,39)25-11-5-10-24(17-25)33-37)22-8-4-9-23(16-22)29-32-27(34-40-29)20-14-12-19(13-15-20)26-18-41-30(31-26)21-6-2-1-3-7-21/h1-18H,(H,35,36)/p+1. The molecule has 0 aliphatic carbocycles. The van der Waals surface area contributed by atoms with Crippen molar-refractivity contribution in [2.75, 3.05) is 0 Å². The van der Waals surface area contributed by atoms with E-state index in [1.807, 2.05) is 64.7 Å². The minimum Gasteiger partial charge on any atom is -0.334 e. The third kappa shape index (κ3) is 5.61. The van der Waals surface area contributed by atoms with Gasteiger partial charge >= 0.3 is 0 Å². The Morgan fingerprint density at radius 3 is 2.31 bits per heavy atom. The first-order valence-electron chi connectivity index (χ1n) is 12.5. The van der Waals surface area contributed by atoms with Crippen LogP contribution in [0.25, 0.3) is 44.7 Å². The van der Waals surface area contributed by atoms with Gasteiger partial charge in [0.25, 0.3) is 27.5 Å². The molecular formula is C30H20N5O5S2+. The molecule has 0 fully saturated rings. The van der Waals surface area contributed by atoms with Gasteiger partial charge in [-0.05, 0) is 24.3 Å². The highest BCUT2D eigenvalue weighted by atomic mass is 32.2. The smallest absolute Gasteiger partial charge is 0.265 e. The van der Waals surface area contributed by atoms with Gasteiger partial charge in [-0.2, -0.15) is 4.98 Å². The first-order chi connectivity index (χ1) is 20.4. The lowest BCUT2D eigenvalue weighted by Crippen LogP contribution is -2.55. The zero-order valence-corrected chi connectivity index (χ0v) is 23.2. The SMILES string of the molecule is O=[NH+]c1cccc(S(=O)(=O)NC(=O)c2cccc(-c3nc(-c4ccc(-c5csc(-c6ccccc6)n5)cc4)no3)c2)c1. The molecule has 0 spiro atoms. The molecule has 0 aliphatic rings. The zero-order chi connectivity index (χ0) is 29.1. The van der Waals surface area contributed by atoms with Crippen molar-refractivity contribution in [1.29, 1.82) is 0 Å². The minimum absolute atomic E-state index is 0.0505. The van der Waals surface area contributed by atoms with E-state index in [-0.39, 0.29) is 22.0 Å². The molecule has 206 valence electrons. The van der Waals surface area contributed by atoms with E-state index in [0.29, 0.717) is 11.4 Å². The number of thiazole rings is 1. The van der Waals surface area contributed by atoms with Crippen LogP contribution in [-0.4, -0.2) is 29.4 Å². The van der Waals surface area contributed by atoms with Crippen molar-refractivity contribution < 1.29 is 22.9 Å². The number of aromatic nitrogens is 3. The van der Waals surface area contributed by atoms with Crippen molar-refractivity contribution in [2.24, 2.45) is 0 Å². The Morgan fingerprint density at radius 2 is 1.52 bits per heavy atom. The van der Waals surface area contributed by atoms with Gasteiger partial charge in [0.1, 0.15) is 5.01 Å². The molecule has 2 aromatic heterocycles. The van der Waals surface area contributed by atoms with Gasteiger partial charge < -0.3 is 4.52 Å². The Hall–Kier alpha value is -5.33. The lowest BCUT2D eigenvalue weighted by molar-refractivity contribution is -0.379. The quantitative estimate of drug-likeness (QED) is 0.256. The van der Waals surface area contributed by atoms with Crippen LogP contribution in [0.15, 0.2) is 118 Å². The van der Waals surface area contributed by atoms with E-state index in [9.17, 15) is 18.1 Å². The van der Waals surface area contributed by atoms with Gasteiger partial charge in [0, 0.05) is 55.4 Å². The fraction of sp³-hybridized carbons (Fsp3) is 0. The second-order valence-corrected chi connectivity index (χ2v) is 11.6. The summed E-state index contributed by atoms with van der Waals surface area (Å²) in [6.45, 7) is 0. The molecule has 0 saturated heterocycles. The van der Waals surface area contributed by atoms with E-state index in [1.54, 1.807) is 28.6 Å². The zero-order valence-electron chi connectivity index (χ0n) is 21.6. The van der Waals surface area contributed by atoms with E-state index in [4.69, 9.17) is 9.51 Å². The highest BCUT2D eigenvalue weighted by molar-refractivity contribution is 7.90. The molecule has 6 rings (SSSR count). The maximum atomic E-state index is 12.8. The number of amides is 1. The van der Waals surface area contributed by atoms with Crippen LogP contribution in [0, 0.1) is 4.91 Å². The second kappa shape index (κ2) is 11.3. The monoisotopic (exact) mass is 594 g/mol. The topological polar surface area (TPSA) is 146 Å². The number of carbonyl (C=O) groups is 1. The predicted molar refractivity (Wildman–Crippen MR) is 157 cm³/mol. The molecule has 0 bridgehead atoms. The Labute approximate surface area is 243 Å². The molecule has 0 aliphatic heterocycles. The fourth-order valence-corrected chi connectivity index (χ4v) is 5.98. The van der Waals surface area contributed by atoms with E-state index >= 15 is 0 Å². The first kappa shape index (κ1) is 26.9. The molecule has 0 saturated carbocycles. The number of hydrogen-bond acceptors (Lipinski definition) is 9. The van der Waals surface area contributed by atoms with Gasteiger partial charge in [0.05, 0.1) is 10.6 Å². The van der Waals surface area contributed by atoms with Crippen molar-refractivity contribution in [2.45, 2.75) is 4.90 Å². The number of nitroso groups, excluding NO2 is 1. The molecule has 0 unspecified atom stereocenters. The van der Waals surface area contributed by atoms with Gasteiger partial charge in [-0.15, -0.1) is 11.3 Å². The lowest BCUT2D eigenvalue weighted by atomic mass is 10.1. The summed E-state index contributed by atoms with van der Waals surface area (Å²) in [5, 5.41) is 8.65. The summed E-state index contributed by atoms with van der Waals surface area (Å²) in [7, 11) is -4.22. The Bertz CT molecular complexity index is 2020. The number of benzene rings is 4. The van der Waals surface area contributed by atoms with Crippen LogP contribution >= 0.6 is 11.3 Å². The van der Waals surface area contributed by atoms with E-state index in [2.05, 4.69) is 10.1 Å². The normalized spacial score (nSPS) is 11.2. The van der Waals surface area contributed by atoms with Crippen molar-refractivity contribution >= 4 is 33.0 Å². The summed E-state index contributed by atoms with van der Waals surface area (Å²) in [4.78, 5) is 32.7. The molecule has 2 N–H and O–H groups in total. The number of hydrogen-bond donors (Lipinski definition) is 2. The second-order valence-electron chi connectivity index (χ2n) is 9.05. The average Bonchev–Trinajstić information content (AvgIpc) is 3.73. The highest BCUT2D eigenvalue weighted by Gasteiger charge is 2.21. The van der Waals surface area contributed by atoms with Crippen molar-refractivity contribution in [3.63, 3.8) is 0 Å². The summed E-state index contributed by atoms with van der Waals surface area (Å²) in [5.74, 6) is -0.345. The summed E-state index contributed by atoms with van der Waals surface area (Å²) in [5.41, 5.74) is 4.16. The number of nitrogens with zero attached hydrogens (tertiary/aromatic N) is 3. The largest absolute Gasteiger partial charge is 0.334 e. The molecule has 1 amide bonds. The Kier molecular flexibility index (Phi) is 7.21. The van der Waals surface area contributed by atoms with Gasteiger partial charge in [-0.25, -0.2) is 18.1 Å². The van der Waals surface area contributed by atoms with Crippen LogP contribution in [0.5, 0.6) is 0 Å². The summed E-state index contributed by atoms with van der Waals surface area (Å²) < 4.78 is 32.8. The molecule has 6 aromatic rings. The third-order valence-electron chi connectivity index (χ3n) is 6.25. The minimum atomic E-state index is -4.22. The van der Waals surface area contributed by atoms with Crippen LogP contribution in [0.3, 0.4) is 0 Å². The highest BCUT2D eigenvalue weighted by Crippen LogP contribution is 2.30. The van der Waals surface area contributed by atoms with Crippen LogP contribution in [0.1, 0.15) is 10.4 Å². The first-order valence-corrected chi connectivity index (χ1v) is 14.9. The third-order valence-corrected chi connectivity index (χ3v) is 8.47. The average molecular weight is 595 g/mol. The molecule has 12 heteroatoms. The molecule has 10 nitrogen and oxygen atoms in total. The number of nitrogens with one attached hydrogen (secondary N) is 2. The lowest BCUT2D eigenvalue weighted by Gasteiger charge is -2.07. The van der Waals surface area contributed by atoms with Gasteiger partial charge in [-0.1, -0.05) is 71.9 Å². The summed E-state index contributed by atoms with van der Waals surface area (Å²) in [6.07, 6.45) is 0. The maximum absolute atomic E-state index is 12.8. The summed E-state index contributed by atoms with van der Waals surface area (Å²) >= 11 is 1.58. The van der Waals surface area contributed by atoms with Gasteiger partial charge in [0.15, 0.2) is 0 Å². The predicted octanol–water partition coefficient (Wildman–Crippen LogP) is 4.79. The number of carbonyl (C=O) groups excluding carboxylic acids is 1. The summed E-state index contributed by atoms with van der Waals surface area (Å²) in [6, 6.07) is 29.0. The molecular weight excluding hydrogens is 574 g/mol. The molecule has 0 atom stereocenters. The van der Waals surface area contributed by atoms with Crippen molar-refractivity contribution in [3.8, 4) is 44.7 Å². The molecule has 4 aromatic carbocycles. The number of rotatable bonds is 8. The van der Waals surface area contributed by atoms with Crippen molar-refractivity contribution in [3.05, 3.63) is 119 Å². The van der Waals surface area contributed by atoms with E-state index in [0.717, 1.165) is 33.5 Å². The Balaban J connectivity index is 1.18. The van der Waals surface area contributed by atoms with Crippen LogP contribution in [0.4, 0.5) is 5.69 Å². The van der Waals surface area contributed by atoms with E-state index < -0.39 is 15.9 Å². The number of sulfonamides is 1. The van der Waals surface area contributed by atoms with Crippen LogP contribution in [-0.2, 0) is 10.0 Å². The fourth-order valence-electron chi connectivity index (χ4n) is 4.13. The molecule has 42 heavy (non-hydrogen) atoms. The molecule has 0 radical (unpaired) electrons. The van der Waals surface area contributed by atoms with Gasteiger partial charge in [0.2, 0.25) is 5.82 Å². The Morgan fingerprint density at radius 1 is 0.786 bits per heavy atom. The van der Waals surface area contributed by atoms with Gasteiger partial charge in [-0.3, -0.25) is 4.79 Å². The van der Waals surface area contributed by atoms with Crippen molar-refractivity contribution in [1.82, 2.24) is 19.8 Å².